The molecule has 0 bridgehead atoms. The number of carbonyl (C=O) groups is 8. The van der Waals surface area contributed by atoms with Crippen LogP contribution in [0.15, 0.2) is 47.3 Å². The third kappa shape index (κ3) is 10.7. The van der Waals surface area contributed by atoms with Gasteiger partial charge in [0.2, 0.25) is 35.4 Å². The number of imide groups is 1. The van der Waals surface area contributed by atoms with Crippen molar-refractivity contribution in [3.8, 4) is 0 Å². The monoisotopic (exact) mass is 985 g/mol. The van der Waals surface area contributed by atoms with Gasteiger partial charge in [0.15, 0.2) is 0 Å². The molecule has 2 aromatic carbocycles. The summed E-state index contributed by atoms with van der Waals surface area (Å²) in [6, 6.07) is 7.72. The summed E-state index contributed by atoms with van der Waals surface area (Å²) in [6.07, 6.45) is 6.26. The molecule has 1 saturated carbocycles. The van der Waals surface area contributed by atoms with E-state index in [2.05, 4.69) is 20.9 Å². The molecule has 1 aliphatic carbocycles. The van der Waals surface area contributed by atoms with Crippen molar-refractivity contribution in [1.29, 1.82) is 0 Å². The molecule has 70 heavy (non-hydrogen) atoms. The fourth-order valence-electron chi connectivity index (χ4n) is 10.8. The molecule has 5 heterocycles. The van der Waals surface area contributed by atoms with E-state index in [1.54, 1.807) is 25.8 Å². The number of nitrogens with two attached hydrogens (primary N) is 1. The van der Waals surface area contributed by atoms with Gasteiger partial charge in [-0.3, -0.25) is 57.4 Å². The largest absolute Gasteiger partial charge is 0.396 e. The molecule has 8 rings (SSSR count). The van der Waals surface area contributed by atoms with E-state index >= 15 is 0 Å². The summed E-state index contributed by atoms with van der Waals surface area (Å²) in [5, 5.41) is 8.42. The highest BCUT2D eigenvalue weighted by Gasteiger charge is 2.46. The van der Waals surface area contributed by atoms with Crippen LogP contribution >= 0.6 is 7.60 Å². The molecule has 0 radical (unpaired) electrons. The zero-order chi connectivity index (χ0) is 50.4. The van der Waals surface area contributed by atoms with E-state index in [0.717, 1.165) is 37.7 Å². The first-order valence-electron chi connectivity index (χ1n) is 23.8. The van der Waals surface area contributed by atoms with Crippen LogP contribution in [-0.2, 0) is 46.8 Å². The van der Waals surface area contributed by atoms with Gasteiger partial charge in [0.05, 0.1) is 11.0 Å². The molecule has 7 amide bonds. The molecule has 21 nitrogen and oxygen atoms in total. The first-order chi connectivity index (χ1) is 33.1. The minimum Gasteiger partial charge on any atom is -0.370 e. The van der Waals surface area contributed by atoms with Crippen LogP contribution in [0.1, 0.15) is 123 Å². The highest BCUT2D eigenvalue weighted by atomic mass is 31.2. The van der Waals surface area contributed by atoms with Crippen molar-refractivity contribution < 1.29 is 52.7 Å². The fraction of sp³-hybridized carbons (Fsp3) is 0.521. The molecule has 4 aliphatic rings. The Morgan fingerprint density at radius 3 is 2.31 bits per heavy atom. The van der Waals surface area contributed by atoms with Crippen molar-refractivity contribution in [3.05, 3.63) is 69.8 Å². The lowest BCUT2D eigenvalue weighted by Gasteiger charge is -2.40. The maximum atomic E-state index is 14.7. The number of fused-ring (bicyclic) bond motifs is 3. The van der Waals surface area contributed by atoms with Crippen LogP contribution in [0.3, 0.4) is 0 Å². The summed E-state index contributed by atoms with van der Waals surface area (Å²) >= 11 is 0. The van der Waals surface area contributed by atoms with E-state index in [0.29, 0.717) is 47.1 Å². The van der Waals surface area contributed by atoms with E-state index in [1.165, 1.54) is 38.3 Å². The Labute approximate surface area is 402 Å². The van der Waals surface area contributed by atoms with Crippen LogP contribution < -0.4 is 27.4 Å². The number of amides is 7. The normalized spacial score (nSPS) is 23.4. The summed E-state index contributed by atoms with van der Waals surface area (Å²) in [5.41, 5.74) is 5.32. The first-order valence-corrected chi connectivity index (χ1v) is 25.5. The molecule has 4 fully saturated rings. The lowest BCUT2D eigenvalue weighted by atomic mass is 9.78. The summed E-state index contributed by atoms with van der Waals surface area (Å²) in [7, 11) is -3.41. The number of nitrogens with one attached hydrogen (secondary N) is 4. The van der Waals surface area contributed by atoms with Crippen molar-refractivity contribution in [2.24, 2.45) is 24.6 Å². The van der Waals surface area contributed by atoms with E-state index in [9.17, 15) is 57.5 Å². The van der Waals surface area contributed by atoms with Gasteiger partial charge < -0.3 is 40.9 Å². The van der Waals surface area contributed by atoms with Gasteiger partial charge in [0.1, 0.15) is 23.8 Å². The minimum atomic E-state index is -5.08. The Kier molecular flexibility index (Phi) is 14.1. The van der Waals surface area contributed by atoms with Crippen molar-refractivity contribution in [2.45, 2.75) is 127 Å². The second-order valence-electron chi connectivity index (χ2n) is 20.1. The van der Waals surface area contributed by atoms with E-state index in [-0.39, 0.29) is 79.9 Å². The Morgan fingerprint density at radius 1 is 0.886 bits per heavy atom. The molecule has 3 saturated heterocycles. The van der Waals surface area contributed by atoms with Crippen molar-refractivity contribution in [1.82, 2.24) is 39.9 Å². The average Bonchev–Trinajstić information content (AvgIpc) is 3.99. The van der Waals surface area contributed by atoms with Gasteiger partial charge in [0, 0.05) is 67.4 Å². The Balaban J connectivity index is 0.951. The van der Waals surface area contributed by atoms with Crippen LogP contribution in [0.25, 0.3) is 21.9 Å². The lowest BCUT2D eigenvalue weighted by Crippen LogP contribution is -2.62. The van der Waals surface area contributed by atoms with Crippen LogP contribution in [0.4, 0.5) is 0 Å². The minimum absolute atomic E-state index is 0.0154. The molecule has 0 spiro atoms. The fourth-order valence-corrected chi connectivity index (χ4v) is 11.3. The lowest BCUT2D eigenvalue weighted by molar-refractivity contribution is -0.146. The number of rotatable bonds is 14. The van der Waals surface area contributed by atoms with Gasteiger partial charge in [-0.1, -0.05) is 6.07 Å². The Bertz CT molecular complexity index is 2910. The molecule has 1 unspecified atom stereocenters. The number of imidazole rings is 1. The van der Waals surface area contributed by atoms with Gasteiger partial charge in [-0.2, -0.15) is 0 Å². The molecule has 4 aromatic rings. The predicted molar refractivity (Wildman–Crippen MR) is 254 cm³/mol. The molecular formula is C48H60N9O12P. The molecule has 374 valence electrons. The maximum absolute atomic E-state index is 14.7. The molecular weight excluding hydrogens is 926 g/mol. The average molecular weight is 986 g/mol. The Hall–Kier alpha value is -6.44. The number of aromatic amines is 1. The third-order valence-electron chi connectivity index (χ3n) is 14.6. The SMILES string of the molecule is Cn1c(=O)n(C2CCC(=O)NC2=O)c2ccc(CC3CCC(CC(=O)N4CC[C@H]5CC[C@@H](C(=O)NC(C)(C)CCC(N)=O)N5C(=O)[C@@H](NC(=O)c5cc6cc(C(=O)P(=O)(O)O)ccc6[nH]5)C4)CC3)cc21. The molecule has 22 heteroatoms. The van der Waals surface area contributed by atoms with Gasteiger partial charge >= 0.3 is 13.3 Å². The number of benzene rings is 2. The third-order valence-corrected chi connectivity index (χ3v) is 15.4. The van der Waals surface area contributed by atoms with Crippen molar-refractivity contribution in [3.63, 3.8) is 0 Å². The predicted octanol–water partition coefficient (Wildman–Crippen LogP) is 2.41. The smallest absolute Gasteiger partial charge is 0.370 e. The highest BCUT2D eigenvalue weighted by molar-refractivity contribution is 7.70. The quantitative estimate of drug-likeness (QED) is 0.0708. The Morgan fingerprint density at radius 2 is 1.61 bits per heavy atom. The van der Waals surface area contributed by atoms with E-state index in [4.69, 9.17) is 5.73 Å². The number of hydrogen-bond acceptors (Lipinski definition) is 10. The highest BCUT2D eigenvalue weighted by Crippen LogP contribution is 2.40. The summed E-state index contributed by atoms with van der Waals surface area (Å²) in [4.78, 5) is 143. The number of primary amides is 1. The second kappa shape index (κ2) is 19.8. The van der Waals surface area contributed by atoms with Crippen molar-refractivity contribution >= 4 is 76.4 Å². The van der Waals surface area contributed by atoms with Crippen LogP contribution in [0, 0.1) is 11.8 Å². The zero-order valence-corrected chi connectivity index (χ0v) is 40.3. The van der Waals surface area contributed by atoms with Gasteiger partial charge in [0.25, 0.3) is 11.4 Å². The van der Waals surface area contributed by atoms with E-state index < -0.39 is 72.4 Å². The van der Waals surface area contributed by atoms with Gasteiger partial charge in [-0.25, -0.2) is 4.79 Å². The zero-order valence-electron chi connectivity index (χ0n) is 39.4. The number of H-pyrrole nitrogens is 1. The molecule has 3 aliphatic heterocycles. The van der Waals surface area contributed by atoms with Crippen LogP contribution in [-0.4, -0.2) is 117 Å². The van der Waals surface area contributed by atoms with Crippen LogP contribution in [0.5, 0.6) is 0 Å². The standard InChI is InChI=1S/C48H60N9O12P/c1-48(2,18-16-39(49)58)53-44(63)37-13-10-31-17-19-55(25-34(45(64)56(31)37)51-42(61)33-24-30-23-29(9-11-32(30)50-33)46(65)70(67,68)69)41(60)22-27-6-4-26(5-7-27)20-28-8-12-35-38(21-28)54(3)47(66)57(35)36-14-15-40(59)52-43(36)62/h8-9,11-12,21,23-24,26-27,31,34,36-37,50H,4-7,10,13-20,22,25H2,1-3H3,(H2,49,58)(H,51,61)(H,53,63)(H,52,59,62)(H2,67,68,69)/t26?,27?,31-,34+,36?,37+/m1/s1. The summed E-state index contributed by atoms with van der Waals surface area (Å²) in [5.74, 6) is -2.79. The first kappa shape index (κ1) is 50.0. The number of aryl methyl sites for hydroxylation is 1. The topological polar surface area (TPSA) is 305 Å². The molecule has 8 N–H and O–H groups in total. The summed E-state index contributed by atoms with van der Waals surface area (Å²) in [6.45, 7) is 3.63. The van der Waals surface area contributed by atoms with E-state index in [1.807, 2.05) is 18.2 Å². The van der Waals surface area contributed by atoms with Gasteiger partial charge in [-0.15, -0.1) is 0 Å². The maximum Gasteiger partial charge on any atom is 0.396 e. The molecule has 2 aromatic heterocycles. The number of hydrogen-bond donors (Lipinski definition) is 7. The number of aromatic nitrogens is 3. The number of nitrogens with zero attached hydrogens (tertiary/aromatic N) is 4. The molecule has 4 atom stereocenters. The van der Waals surface area contributed by atoms with Gasteiger partial charge in [-0.05, 0) is 132 Å². The van der Waals surface area contributed by atoms with Crippen molar-refractivity contribution in [2.75, 3.05) is 13.1 Å². The number of carbonyl (C=O) groups excluding carboxylic acids is 8. The second-order valence-corrected chi connectivity index (χ2v) is 21.6. The number of piperidine rings is 1. The van der Waals surface area contributed by atoms with Crippen LogP contribution in [0.2, 0.25) is 0 Å². The summed E-state index contributed by atoms with van der Waals surface area (Å²) < 4.78 is 14.6.